The van der Waals surface area contributed by atoms with Crippen molar-refractivity contribution in [1.29, 1.82) is 0 Å². The second kappa shape index (κ2) is 6.77. The lowest BCUT2D eigenvalue weighted by atomic mass is 9.93. The van der Waals surface area contributed by atoms with Crippen LogP contribution in [0.25, 0.3) is 0 Å². The van der Waals surface area contributed by atoms with Crippen molar-refractivity contribution in [3.05, 3.63) is 47.5 Å². The minimum absolute atomic E-state index is 0.00628. The first kappa shape index (κ1) is 18.7. The number of benzene rings is 1. The molecule has 1 saturated heterocycles. The molecule has 10 heteroatoms. The highest BCUT2D eigenvalue weighted by Gasteiger charge is 2.61. The summed E-state index contributed by atoms with van der Waals surface area (Å²) in [7, 11) is 0. The number of carbonyl (C=O) groups excluding carboxylic acids is 1. The van der Waals surface area contributed by atoms with Crippen LogP contribution in [-0.2, 0) is 17.9 Å². The summed E-state index contributed by atoms with van der Waals surface area (Å²) in [5.41, 5.74) is -1.66. The molecule has 1 amide bonds. The van der Waals surface area contributed by atoms with E-state index >= 15 is 0 Å². The highest BCUT2D eigenvalue weighted by molar-refractivity contribution is 5.93. The van der Waals surface area contributed by atoms with Gasteiger partial charge in [-0.15, -0.1) is 0 Å². The van der Waals surface area contributed by atoms with Crippen molar-refractivity contribution >= 4 is 5.91 Å². The number of hydrogen-bond acceptors (Lipinski definition) is 4. The quantitative estimate of drug-likeness (QED) is 0.726. The number of ether oxygens (including phenoxy) is 2. The van der Waals surface area contributed by atoms with Crippen LogP contribution in [0.3, 0.4) is 0 Å². The first-order chi connectivity index (χ1) is 13.3. The molecule has 0 N–H and O–H groups in total. The van der Waals surface area contributed by atoms with Crippen molar-refractivity contribution in [1.82, 2.24) is 14.7 Å². The van der Waals surface area contributed by atoms with Gasteiger partial charge in [0.05, 0.1) is 19.7 Å². The summed E-state index contributed by atoms with van der Waals surface area (Å²) in [4.78, 5) is 13.8. The smallest absolute Gasteiger partial charge is 0.419 e. The van der Waals surface area contributed by atoms with E-state index in [0.29, 0.717) is 11.4 Å². The molecule has 1 aromatic carbocycles. The molecule has 0 spiro atoms. The predicted molar refractivity (Wildman–Crippen MR) is 88.2 cm³/mol. The minimum atomic E-state index is -4.53. The van der Waals surface area contributed by atoms with E-state index in [1.165, 1.54) is 28.9 Å². The molecule has 1 aromatic heterocycles. The molecule has 2 aromatic rings. The van der Waals surface area contributed by atoms with Crippen molar-refractivity contribution in [2.24, 2.45) is 0 Å². The Balaban J connectivity index is 1.45. The zero-order valence-corrected chi connectivity index (χ0v) is 14.7. The van der Waals surface area contributed by atoms with Crippen LogP contribution >= 0.6 is 0 Å². The molecule has 0 saturated carbocycles. The summed E-state index contributed by atoms with van der Waals surface area (Å²) in [5.74, 6) is -0.660. The van der Waals surface area contributed by atoms with E-state index in [1.54, 1.807) is 6.07 Å². The van der Waals surface area contributed by atoms with E-state index in [4.69, 9.17) is 9.47 Å². The molecule has 0 radical (unpaired) electrons. The SMILES string of the molecule is O=C1c2cc(COc3cccc(F)c3)nn2CCN1C[C@@]1(C(F)(F)F)CCO1. The third kappa shape index (κ3) is 3.32. The number of fused-ring (bicyclic) bond motifs is 1. The highest BCUT2D eigenvalue weighted by atomic mass is 19.4. The van der Waals surface area contributed by atoms with E-state index < -0.39 is 30.0 Å². The fourth-order valence-electron chi connectivity index (χ4n) is 3.32. The number of halogens is 4. The third-order valence-electron chi connectivity index (χ3n) is 4.95. The standard InChI is InChI=1S/C18H17F4N3O3/c19-12-2-1-3-14(8-12)27-10-13-9-15-16(26)24(5-6-25(15)23-13)11-17(4-7-28-17)18(20,21)22/h1-3,8-9H,4-7,10-11H2/t17-/m1/s1. The van der Waals surface area contributed by atoms with Crippen molar-refractivity contribution in [3.63, 3.8) is 0 Å². The van der Waals surface area contributed by atoms with Crippen LogP contribution in [0, 0.1) is 5.82 Å². The van der Waals surface area contributed by atoms with E-state index in [9.17, 15) is 22.4 Å². The van der Waals surface area contributed by atoms with Gasteiger partial charge in [0.2, 0.25) is 0 Å². The molecule has 2 aliphatic heterocycles. The fourth-order valence-corrected chi connectivity index (χ4v) is 3.32. The highest BCUT2D eigenvalue weighted by Crippen LogP contribution is 2.43. The van der Waals surface area contributed by atoms with Crippen LogP contribution in [0.5, 0.6) is 5.75 Å². The van der Waals surface area contributed by atoms with Crippen LogP contribution in [0.4, 0.5) is 17.6 Å². The van der Waals surface area contributed by atoms with Crippen molar-refractivity contribution in [2.45, 2.75) is 31.3 Å². The Morgan fingerprint density at radius 2 is 2.04 bits per heavy atom. The lowest BCUT2D eigenvalue weighted by Crippen LogP contribution is -2.63. The molecule has 1 fully saturated rings. The van der Waals surface area contributed by atoms with Crippen LogP contribution in [0.15, 0.2) is 30.3 Å². The second-order valence-corrected chi connectivity index (χ2v) is 6.81. The molecule has 2 aliphatic rings. The summed E-state index contributed by atoms with van der Waals surface area (Å²) in [6.45, 7) is -0.114. The van der Waals surface area contributed by atoms with Crippen LogP contribution in [0.2, 0.25) is 0 Å². The summed E-state index contributed by atoms with van der Waals surface area (Å²) >= 11 is 0. The van der Waals surface area contributed by atoms with Gasteiger partial charge in [0.1, 0.15) is 29.6 Å². The first-order valence-corrected chi connectivity index (χ1v) is 8.72. The maximum absolute atomic E-state index is 13.3. The predicted octanol–water partition coefficient (Wildman–Crippen LogP) is 2.78. The van der Waals surface area contributed by atoms with Crippen molar-refractivity contribution in [3.8, 4) is 5.75 Å². The minimum Gasteiger partial charge on any atom is -0.487 e. The summed E-state index contributed by atoms with van der Waals surface area (Å²) in [6.07, 6.45) is -4.69. The van der Waals surface area contributed by atoms with Gasteiger partial charge in [0.15, 0.2) is 5.60 Å². The number of hydrogen-bond donors (Lipinski definition) is 0. The fraction of sp³-hybridized carbons (Fsp3) is 0.444. The molecule has 0 aliphatic carbocycles. The van der Waals surface area contributed by atoms with Crippen molar-refractivity contribution < 1.29 is 31.8 Å². The normalized spacial score (nSPS) is 22.0. The van der Waals surface area contributed by atoms with Gasteiger partial charge in [-0.05, 0) is 18.2 Å². The average molecular weight is 399 g/mol. The largest absolute Gasteiger partial charge is 0.487 e. The number of nitrogens with zero attached hydrogens (tertiary/aromatic N) is 3. The zero-order chi connectivity index (χ0) is 19.9. The van der Waals surface area contributed by atoms with Gasteiger partial charge >= 0.3 is 6.18 Å². The molecular weight excluding hydrogens is 382 g/mol. The number of alkyl halides is 3. The van der Waals surface area contributed by atoms with Gasteiger partial charge < -0.3 is 14.4 Å². The first-order valence-electron chi connectivity index (χ1n) is 8.72. The second-order valence-electron chi connectivity index (χ2n) is 6.81. The van der Waals surface area contributed by atoms with E-state index in [1.807, 2.05) is 0 Å². The number of aromatic nitrogens is 2. The topological polar surface area (TPSA) is 56.6 Å². The Morgan fingerprint density at radius 3 is 2.68 bits per heavy atom. The average Bonchev–Trinajstić information content (AvgIpc) is 3.01. The summed E-state index contributed by atoms with van der Waals surface area (Å²) < 4.78 is 64.8. The Bertz CT molecular complexity index is 892. The Morgan fingerprint density at radius 1 is 1.25 bits per heavy atom. The Kier molecular flexibility index (Phi) is 4.53. The summed E-state index contributed by atoms with van der Waals surface area (Å²) in [6, 6.07) is 7.08. The van der Waals surface area contributed by atoms with Crippen LogP contribution < -0.4 is 4.74 Å². The monoisotopic (exact) mass is 399 g/mol. The summed E-state index contributed by atoms with van der Waals surface area (Å²) in [5, 5.41) is 4.25. The van der Waals surface area contributed by atoms with Gasteiger partial charge in [-0.3, -0.25) is 9.48 Å². The molecule has 150 valence electrons. The van der Waals surface area contributed by atoms with Crippen molar-refractivity contribution in [2.75, 3.05) is 19.7 Å². The van der Waals surface area contributed by atoms with Gasteiger partial charge in [-0.25, -0.2) is 4.39 Å². The molecule has 3 heterocycles. The maximum Gasteiger partial charge on any atom is 0.419 e. The van der Waals surface area contributed by atoms with Gasteiger partial charge in [0.25, 0.3) is 5.91 Å². The van der Waals surface area contributed by atoms with E-state index in [2.05, 4.69) is 5.10 Å². The van der Waals surface area contributed by atoms with E-state index in [0.717, 1.165) is 4.90 Å². The van der Waals surface area contributed by atoms with E-state index in [-0.39, 0.29) is 38.4 Å². The van der Waals surface area contributed by atoms with Gasteiger partial charge in [0, 0.05) is 19.0 Å². The maximum atomic E-state index is 13.3. The number of amides is 1. The number of carbonyl (C=O) groups is 1. The van der Waals surface area contributed by atoms with Gasteiger partial charge in [-0.2, -0.15) is 18.3 Å². The molecule has 28 heavy (non-hydrogen) atoms. The molecular formula is C18H17F4N3O3. The molecule has 1 atom stereocenters. The lowest BCUT2D eigenvalue weighted by Gasteiger charge is -2.46. The molecule has 6 nitrogen and oxygen atoms in total. The molecule has 0 bridgehead atoms. The van der Waals surface area contributed by atoms with Gasteiger partial charge in [-0.1, -0.05) is 6.07 Å². The van der Waals surface area contributed by atoms with Crippen LogP contribution in [-0.4, -0.2) is 52.1 Å². The Labute approximate surface area is 157 Å². The lowest BCUT2D eigenvalue weighted by molar-refractivity contribution is -0.327. The number of rotatable bonds is 5. The third-order valence-corrected chi connectivity index (χ3v) is 4.95. The zero-order valence-electron chi connectivity index (χ0n) is 14.7. The molecule has 4 rings (SSSR count). The van der Waals surface area contributed by atoms with Crippen LogP contribution in [0.1, 0.15) is 22.6 Å². The molecule has 0 unspecified atom stereocenters. The Hall–Kier alpha value is -2.62.